The van der Waals surface area contributed by atoms with E-state index in [9.17, 15) is 27.6 Å². The van der Waals surface area contributed by atoms with Gasteiger partial charge < -0.3 is 20.1 Å². The van der Waals surface area contributed by atoms with Crippen LogP contribution in [0.4, 0.5) is 18.0 Å². The van der Waals surface area contributed by atoms with Crippen LogP contribution < -0.4 is 5.32 Å². The fourth-order valence-corrected chi connectivity index (χ4v) is 4.50. The van der Waals surface area contributed by atoms with E-state index in [0.717, 1.165) is 35.1 Å². The molecule has 0 unspecified atom stereocenters. The van der Waals surface area contributed by atoms with E-state index in [1.807, 2.05) is 48.5 Å². The number of fused-ring (bicyclic) bond motifs is 3. The summed E-state index contributed by atoms with van der Waals surface area (Å²) in [6.07, 6.45) is -4.02. The average Bonchev–Trinajstić information content (AvgIpc) is 3.55. The molecule has 0 heterocycles. The zero-order chi connectivity index (χ0) is 25.2. The zero-order valence-electron chi connectivity index (χ0n) is 18.8. The number of hydrogen-bond donors (Lipinski definition) is 2. The maximum absolute atomic E-state index is 13.0. The third-order valence-corrected chi connectivity index (χ3v) is 6.21. The van der Waals surface area contributed by atoms with Crippen LogP contribution in [0.5, 0.6) is 0 Å². The highest BCUT2D eigenvalue weighted by Gasteiger charge is 2.39. The highest BCUT2D eigenvalue weighted by molar-refractivity contribution is 5.88. The molecular weight excluding hydrogens is 465 g/mol. The third kappa shape index (κ3) is 6.12. The quantitative estimate of drug-likeness (QED) is 0.550. The van der Waals surface area contributed by atoms with Crippen molar-refractivity contribution in [3.63, 3.8) is 0 Å². The lowest BCUT2D eigenvalue weighted by atomic mass is 9.98. The molecule has 35 heavy (non-hydrogen) atoms. The van der Waals surface area contributed by atoms with Gasteiger partial charge in [-0.25, -0.2) is 4.79 Å². The van der Waals surface area contributed by atoms with Crippen molar-refractivity contribution < 1.29 is 37.4 Å². The minimum atomic E-state index is -4.78. The third-order valence-electron chi connectivity index (χ3n) is 6.21. The van der Waals surface area contributed by atoms with Gasteiger partial charge in [-0.15, -0.1) is 0 Å². The van der Waals surface area contributed by atoms with Gasteiger partial charge in [0.15, 0.2) is 0 Å². The van der Waals surface area contributed by atoms with Gasteiger partial charge in [0.2, 0.25) is 5.91 Å². The lowest BCUT2D eigenvalue weighted by Crippen LogP contribution is -2.52. The van der Waals surface area contributed by atoms with Crippen LogP contribution in [0.1, 0.15) is 36.3 Å². The number of halogens is 3. The van der Waals surface area contributed by atoms with Crippen molar-refractivity contribution in [3.8, 4) is 11.1 Å². The average molecular weight is 490 g/mol. The Balaban J connectivity index is 1.44. The summed E-state index contributed by atoms with van der Waals surface area (Å²) in [4.78, 5) is 36.7. The molecule has 10 heteroatoms. The van der Waals surface area contributed by atoms with Crippen molar-refractivity contribution in [3.05, 3.63) is 59.7 Å². The number of amides is 2. The zero-order valence-corrected chi connectivity index (χ0v) is 18.8. The van der Waals surface area contributed by atoms with Crippen LogP contribution in [-0.2, 0) is 14.3 Å². The SMILES string of the molecule is O=C(O)CN(CC(F)(F)F)C(=O)[C@H](CC1CC1)NC(=O)OCC1c2ccccc2-c2ccccc21. The van der Waals surface area contributed by atoms with Gasteiger partial charge in [-0.1, -0.05) is 61.4 Å². The van der Waals surface area contributed by atoms with E-state index in [4.69, 9.17) is 9.84 Å². The molecule has 2 amide bonds. The summed E-state index contributed by atoms with van der Waals surface area (Å²) in [5, 5.41) is 11.4. The predicted molar refractivity (Wildman–Crippen MR) is 120 cm³/mol. The fourth-order valence-electron chi connectivity index (χ4n) is 4.50. The van der Waals surface area contributed by atoms with Crippen LogP contribution in [0.2, 0.25) is 0 Å². The van der Waals surface area contributed by atoms with Crippen LogP contribution in [0, 0.1) is 5.92 Å². The Morgan fingerprint density at radius 1 is 1.03 bits per heavy atom. The summed E-state index contributed by atoms with van der Waals surface area (Å²) >= 11 is 0. The molecule has 2 aliphatic rings. The highest BCUT2D eigenvalue weighted by Crippen LogP contribution is 2.44. The van der Waals surface area contributed by atoms with Crippen LogP contribution >= 0.6 is 0 Å². The summed E-state index contributed by atoms with van der Waals surface area (Å²) < 4.78 is 44.3. The molecule has 0 aliphatic heterocycles. The van der Waals surface area contributed by atoms with E-state index >= 15 is 0 Å². The molecule has 2 aromatic rings. The van der Waals surface area contributed by atoms with Gasteiger partial charge in [-0.2, -0.15) is 13.2 Å². The molecule has 1 atom stereocenters. The molecule has 1 saturated carbocycles. The number of hydrogen-bond acceptors (Lipinski definition) is 4. The number of ether oxygens (including phenoxy) is 1. The molecule has 0 bridgehead atoms. The molecule has 2 aliphatic carbocycles. The number of benzene rings is 2. The Labute approximate surface area is 199 Å². The van der Waals surface area contributed by atoms with Crippen molar-refractivity contribution >= 4 is 18.0 Å². The van der Waals surface area contributed by atoms with E-state index < -0.39 is 43.3 Å². The summed E-state index contributed by atoms with van der Waals surface area (Å²) in [6, 6.07) is 14.2. The Morgan fingerprint density at radius 3 is 2.11 bits per heavy atom. The molecule has 0 radical (unpaired) electrons. The molecule has 1 fully saturated rings. The topological polar surface area (TPSA) is 95.9 Å². The second kappa shape index (κ2) is 9.97. The number of carbonyl (C=O) groups is 3. The summed E-state index contributed by atoms with van der Waals surface area (Å²) in [7, 11) is 0. The molecule has 0 saturated heterocycles. The molecule has 4 rings (SSSR count). The van der Waals surface area contributed by atoms with Crippen molar-refractivity contribution in [1.82, 2.24) is 10.2 Å². The number of aliphatic carboxylic acids is 1. The Bertz CT molecular complexity index is 1070. The first-order valence-corrected chi connectivity index (χ1v) is 11.3. The maximum Gasteiger partial charge on any atom is 0.407 e. The van der Waals surface area contributed by atoms with Crippen LogP contribution in [-0.4, -0.2) is 59.9 Å². The fraction of sp³-hybridized carbons (Fsp3) is 0.400. The van der Waals surface area contributed by atoms with E-state index in [-0.39, 0.29) is 29.8 Å². The van der Waals surface area contributed by atoms with E-state index in [1.165, 1.54) is 0 Å². The number of rotatable bonds is 9. The second-order valence-electron chi connectivity index (χ2n) is 8.90. The van der Waals surface area contributed by atoms with Gasteiger partial charge in [-0.05, 0) is 34.6 Å². The molecule has 186 valence electrons. The molecular formula is C25H25F3N2O5. The van der Waals surface area contributed by atoms with Crippen molar-refractivity contribution in [2.75, 3.05) is 19.7 Å². The normalized spacial score (nSPS) is 15.6. The Kier molecular flexibility index (Phi) is 7.00. The van der Waals surface area contributed by atoms with Crippen molar-refractivity contribution in [2.24, 2.45) is 5.92 Å². The summed E-state index contributed by atoms with van der Waals surface area (Å²) in [5.74, 6) is -2.81. The van der Waals surface area contributed by atoms with Crippen molar-refractivity contribution in [1.29, 1.82) is 0 Å². The molecule has 2 N–H and O–H groups in total. The first-order valence-electron chi connectivity index (χ1n) is 11.3. The number of alkyl carbamates (subject to hydrolysis) is 1. The number of nitrogens with one attached hydrogen (secondary N) is 1. The van der Waals surface area contributed by atoms with Crippen LogP contribution in [0.3, 0.4) is 0 Å². The minimum Gasteiger partial charge on any atom is -0.480 e. The molecule has 0 aromatic heterocycles. The minimum absolute atomic E-state index is 0.0222. The standard InChI is InChI=1S/C25H25F3N2O5/c26-25(27,28)14-30(12-22(31)32)23(33)21(11-15-9-10-15)29-24(34)35-13-20-18-7-3-1-5-16(18)17-6-2-4-8-19(17)20/h1-8,15,20-21H,9-14H2,(H,29,34)(H,31,32)/t21-/m0/s1. The smallest absolute Gasteiger partial charge is 0.407 e. The maximum atomic E-state index is 13.0. The molecule has 7 nitrogen and oxygen atoms in total. The van der Waals surface area contributed by atoms with Crippen LogP contribution in [0.15, 0.2) is 48.5 Å². The summed E-state index contributed by atoms with van der Waals surface area (Å²) in [6.45, 7) is -2.86. The second-order valence-corrected chi connectivity index (χ2v) is 8.90. The number of carbonyl (C=O) groups excluding carboxylic acids is 2. The van der Waals surface area contributed by atoms with Crippen molar-refractivity contribution in [2.45, 2.75) is 37.4 Å². The summed E-state index contributed by atoms with van der Waals surface area (Å²) in [5.41, 5.74) is 4.06. The number of alkyl halides is 3. The molecule has 0 spiro atoms. The van der Waals surface area contributed by atoms with Crippen LogP contribution in [0.25, 0.3) is 11.1 Å². The first kappa shape index (κ1) is 24.6. The predicted octanol–water partition coefficient (Wildman–Crippen LogP) is 4.17. The monoisotopic (exact) mass is 490 g/mol. The lowest BCUT2D eigenvalue weighted by Gasteiger charge is -2.27. The van der Waals surface area contributed by atoms with Gasteiger partial charge >= 0.3 is 18.2 Å². The van der Waals surface area contributed by atoms with E-state index in [2.05, 4.69) is 5.32 Å². The van der Waals surface area contributed by atoms with Gasteiger partial charge in [0.25, 0.3) is 0 Å². The lowest BCUT2D eigenvalue weighted by molar-refractivity contribution is -0.166. The number of carboxylic acids is 1. The Morgan fingerprint density at radius 2 is 1.60 bits per heavy atom. The first-order chi connectivity index (χ1) is 16.6. The molecule has 2 aromatic carbocycles. The van der Waals surface area contributed by atoms with Gasteiger partial charge in [0, 0.05) is 5.92 Å². The van der Waals surface area contributed by atoms with Gasteiger partial charge in [-0.3, -0.25) is 9.59 Å². The van der Waals surface area contributed by atoms with Gasteiger partial charge in [0.05, 0.1) is 0 Å². The number of nitrogens with zero attached hydrogens (tertiary/aromatic N) is 1. The van der Waals surface area contributed by atoms with E-state index in [1.54, 1.807) is 0 Å². The van der Waals surface area contributed by atoms with Gasteiger partial charge in [0.1, 0.15) is 25.7 Å². The number of carboxylic acid groups (broad SMARTS) is 1. The van der Waals surface area contributed by atoms with E-state index in [0.29, 0.717) is 0 Å². The highest BCUT2D eigenvalue weighted by atomic mass is 19.4. The largest absolute Gasteiger partial charge is 0.480 e. The Hall–Kier alpha value is -3.56.